The van der Waals surface area contributed by atoms with Crippen molar-refractivity contribution >= 4 is 41.7 Å². The Morgan fingerprint density at radius 2 is 2.21 bits per heavy atom. The molecule has 3 rings (SSSR count). The maximum atomic E-state index is 11.6. The Hall–Kier alpha value is -1.62. The number of primary amides is 1. The SMILES string of the molecule is CN=C(NCc1cccnc1N1CCCC(C(N)=O)C1)N1CCC(COC)C1.I. The van der Waals surface area contributed by atoms with Gasteiger partial charge in [0, 0.05) is 64.6 Å². The molecule has 0 aliphatic carbocycles. The Kier molecular flexibility index (Phi) is 9.41. The number of likely N-dealkylation sites (tertiary alicyclic amines) is 1. The van der Waals surface area contributed by atoms with Crippen molar-refractivity contribution in [2.45, 2.75) is 25.8 Å². The second-order valence-corrected chi connectivity index (χ2v) is 7.63. The van der Waals surface area contributed by atoms with Crippen LogP contribution in [-0.4, -0.2) is 68.7 Å². The summed E-state index contributed by atoms with van der Waals surface area (Å²) in [5.74, 6) is 2.06. The Morgan fingerprint density at radius 3 is 2.93 bits per heavy atom. The van der Waals surface area contributed by atoms with Gasteiger partial charge < -0.3 is 25.6 Å². The van der Waals surface area contributed by atoms with Crippen molar-refractivity contribution in [3.05, 3.63) is 23.9 Å². The molecule has 2 aliphatic heterocycles. The molecule has 2 unspecified atom stereocenters. The minimum atomic E-state index is -0.222. The molecule has 0 radical (unpaired) electrons. The predicted molar refractivity (Wildman–Crippen MR) is 126 cm³/mol. The number of methoxy groups -OCH3 is 1. The number of nitrogens with one attached hydrogen (secondary N) is 1. The van der Waals surface area contributed by atoms with E-state index in [4.69, 9.17) is 10.5 Å². The number of pyridine rings is 1. The molecule has 8 nitrogen and oxygen atoms in total. The van der Waals surface area contributed by atoms with Crippen molar-refractivity contribution in [2.75, 3.05) is 51.8 Å². The average molecular weight is 516 g/mol. The highest BCUT2D eigenvalue weighted by atomic mass is 127. The number of nitrogens with two attached hydrogens (primary N) is 1. The van der Waals surface area contributed by atoms with Crippen LogP contribution in [0.5, 0.6) is 0 Å². The van der Waals surface area contributed by atoms with E-state index < -0.39 is 0 Å². The van der Waals surface area contributed by atoms with Crippen LogP contribution in [0.15, 0.2) is 23.3 Å². The first-order chi connectivity index (χ1) is 13.6. The minimum absolute atomic E-state index is 0. The minimum Gasteiger partial charge on any atom is -0.384 e. The third-order valence-corrected chi connectivity index (χ3v) is 5.63. The summed E-state index contributed by atoms with van der Waals surface area (Å²) in [6, 6.07) is 4.03. The van der Waals surface area contributed by atoms with Crippen LogP contribution in [0.3, 0.4) is 0 Å². The number of nitrogens with zero attached hydrogens (tertiary/aromatic N) is 4. The lowest BCUT2D eigenvalue weighted by Gasteiger charge is -2.33. The largest absolute Gasteiger partial charge is 0.384 e. The van der Waals surface area contributed by atoms with Gasteiger partial charge in [-0.15, -0.1) is 24.0 Å². The number of hydrogen-bond acceptors (Lipinski definition) is 5. The number of halogens is 1. The highest BCUT2D eigenvalue weighted by Gasteiger charge is 2.27. The summed E-state index contributed by atoms with van der Waals surface area (Å²) in [5.41, 5.74) is 6.63. The van der Waals surface area contributed by atoms with Gasteiger partial charge in [-0.1, -0.05) is 6.07 Å². The number of carbonyl (C=O) groups is 1. The topological polar surface area (TPSA) is 96.1 Å². The summed E-state index contributed by atoms with van der Waals surface area (Å²) in [4.78, 5) is 25.1. The smallest absolute Gasteiger partial charge is 0.222 e. The Bertz CT molecular complexity index is 701. The lowest BCUT2D eigenvalue weighted by atomic mass is 9.97. The lowest BCUT2D eigenvalue weighted by molar-refractivity contribution is -0.122. The number of aromatic nitrogens is 1. The van der Waals surface area contributed by atoms with Gasteiger partial charge in [0.05, 0.1) is 12.5 Å². The van der Waals surface area contributed by atoms with Crippen LogP contribution < -0.4 is 16.0 Å². The molecule has 0 spiro atoms. The first-order valence-corrected chi connectivity index (χ1v) is 10.0. The molecule has 1 amide bonds. The summed E-state index contributed by atoms with van der Waals surface area (Å²) < 4.78 is 5.29. The van der Waals surface area contributed by atoms with Crippen LogP contribution in [-0.2, 0) is 16.1 Å². The van der Waals surface area contributed by atoms with Crippen LogP contribution in [0.4, 0.5) is 5.82 Å². The lowest BCUT2D eigenvalue weighted by Crippen LogP contribution is -2.43. The third kappa shape index (κ3) is 6.18. The van der Waals surface area contributed by atoms with E-state index in [-0.39, 0.29) is 35.8 Å². The number of hydrogen-bond donors (Lipinski definition) is 2. The van der Waals surface area contributed by atoms with E-state index in [0.717, 1.165) is 62.8 Å². The molecular weight excluding hydrogens is 483 g/mol. The number of ether oxygens (including phenoxy) is 1. The van der Waals surface area contributed by atoms with Crippen LogP contribution in [0, 0.1) is 11.8 Å². The monoisotopic (exact) mass is 516 g/mol. The maximum Gasteiger partial charge on any atom is 0.222 e. The number of carbonyl (C=O) groups excluding carboxylic acids is 1. The molecule has 1 aromatic heterocycles. The van der Waals surface area contributed by atoms with Crippen molar-refractivity contribution < 1.29 is 9.53 Å². The summed E-state index contributed by atoms with van der Waals surface area (Å²) in [7, 11) is 3.57. The second kappa shape index (κ2) is 11.5. The van der Waals surface area contributed by atoms with Gasteiger partial charge >= 0.3 is 0 Å². The summed E-state index contributed by atoms with van der Waals surface area (Å²) >= 11 is 0. The van der Waals surface area contributed by atoms with Crippen LogP contribution in [0.25, 0.3) is 0 Å². The average Bonchev–Trinajstić information content (AvgIpc) is 3.17. The quantitative estimate of drug-likeness (QED) is 0.338. The van der Waals surface area contributed by atoms with E-state index in [9.17, 15) is 4.79 Å². The molecule has 0 saturated carbocycles. The fourth-order valence-electron chi connectivity index (χ4n) is 4.16. The Labute approximate surface area is 190 Å². The normalized spacial score (nSPS) is 22.3. The number of guanidine groups is 1. The van der Waals surface area contributed by atoms with Crippen molar-refractivity contribution in [2.24, 2.45) is 22.6 Å². The van der Waals surface area contributed by atoms with E-state index in [1.807, 2.05) is 13.1 Å². The van der Waals surface area contributed by atoms with E-state index in [1.165, 1.54) is 0 Å². The molecule has 3 N–H and O–H groups in total. The molecular formula is C20H33IN6O2. The van der Waals surface area contributed by atoms with Gasteiger partial charge in [-0.2, -0.15) is 0 Å². The fraction of sp³-hybridized carbons (Fsp3) is 0.650. The second-order valence-electron chi connectivity index (χ2n) is 7.63. The molecule has 2 saturated heterocycles. The van der Waals surface area contributed by atoms with Crippen LogP contribution in [0.2, 0.25) is 0 Å². The summed E-state index contributed by atoms with van der Waals surface area (Å²) in [5, 5.41) is 3.48. The van der Waals surface area contributed by atoms with Gasteiger partial charge in [-0.25, -0.2) is 4.98 Å². The van der Waals surface area contributed by atoms with E-state index in [0.29, 0.717) is 19.0 Å². The standard InChI is InChI=1S/C20H32N6O2.HI/c1-22-20(26-10-7-15(12-26)14-28-2)24-11-16-5-3-8-23-19(16)25-9-4-6-17(13-25)18(21)27;/h3,5,8,15,17H,4,6-7,9-14H2,1-2H3,(H2,21,27)(H,22,24);1H. The third-order valence-electron chi connectivity index (χ3n) is 5.63. The van der Waals surface area contributed by atoms with Gasteiger partial charge in [0.1, 0.15) is 5.82 Å². The molecule has 29 heavy (non-hydrogen) atoms. The molecule has 162 valence electrons. The zero-order valence-electron chi connectivity index (χ0n) is 17.3. The molecule has 2 atom stereocenters. The molecule has 9 heteroatoms. The van der Waals surface area contributed by atoms with Gasteiger partial charge in [-0.3, -0.25) is 9.79 Å². The summed E-state index contributed by atoms with van der Waals surface area (Å²) in [6.07, 6.45) is 4.73. The fourth-order valence-corrected chi connectivity index (χ4v) is 4.16. The molecule has 2 fully saturated rings. The van der Waals surface area contributed by atoms with Gasteiger partial charge in [-0.05, 0) is 25.3 Å². The number of anilines is 1. The summed E-state index contributed by atoms with van der Waals surface area (Å²) in [6.45, 7) is 4.90. The van der Waals surface area contributed by atoms with Crippen LogP contribution >= 0.6 is 24.0 Å². The highest BCUT2D eigenvalue weighted by molar-refractivity contribution is 14.0. The first-order valence-electron chi connectivity index (χ1n) is 10.0. The van der Waals surface area contributed by atoms with Gasteiger partial charge in [0.25, 0.3) is 0 Å². The van der Waals surface area contributed by atoms with Crippen molar-refractivity contribution in [3.8, 4) is 0 Å². The van der Waals surface area contributed by atoms with E-state index in [1.54, 1.807) is 13.3 Å². The van der Waals surface area contributed by atoms with Crippen molar-refractivity contribution in [1.82, 2.24) is 15.2 Å². The zero-order valence-corrected chi connectivity index (χ0v) is 19.7. The van der Waals surface area contributed by atoms with Crippen molar-refractivity contribution in [3.63, 3.8) is 0 Å². The van der Waals surface area contributed by atoms with Crippen LogP contribution in [0.1, 0.15) is 24.8 Å². The highest BCUT2D eigenvalue weighted by Crippen LogP contribution is 2.24. The molecule has 1 aromatic rings. The van der Waals surface area contributed by atoms with Gasteiger partial charge in [0.15, 0.2) is 5.96 Å². The number of piperidine rings is 1. The number of aliphatic imine (C=N–C) groups is 1. The Morgan fingerprint density at radius 1 is 1.38 bits per heavy atom. The molecule has 0 bridgehead atoms. The number of amides is 1. The molecule has 0 aromatic carbocycles. The van der Waals surface area contributed by atoms with Crippen molar-refractivity contribution in [1.29, 1.82) is 0 Å². The zero-order chi connectivity index (χ0) is 19.9. The maximum absolute atomic E-state index is 11.6. The molecule has 2 aliphatic rings. The predicted octanol–water partition coefficient (Wildman–Crippen LogP) is 1.44. The van der Waals surface area contributed by atoms with E-state index >= 15 is 0 Å². The van der Waals surface area contributed by atoms with Gasteiger partial charge in [0.2, 0.25) is 5.91 Å². The first kappa shape index (κ1) is 23.7. The Balaban J connectivity index is 0.00000300. The molecule has 3 heterocycles. The number of rotatable bonds is 6. The van der Waals surface area contributed by atoms with E-state index in [2.05, 4.69) is 31.2 Å².